The van der Waals surface area contributed by atoms with Gasteiger partial charge in [-0.15, -0.1) is 0 Å². The number of hydrogen-bond acceptors (Lipinski definition) is 10. The Bertz CT molecular complexity index is 67.9. The van der Waals surface area contributed by atoms with Crippen LogP contribution >= 0.6 is 0 Å². The predicted octanol–water partition coefficient (Wildman–Crippen LogP) is -16.0. The highest BCUT2D eigenvalue weighted by molar-refractivity contribution is 2.15. The Kier molecular flexibility index (Phi) is 17.9. The van der Waals surface area contributed by atoms with Gasteiger partial charge >= 0.3 is 56.0 Å². The lowest BCUT2D eigenvalue weighted by molar-refractivity contribution is -1.92. The molecule has 3 N–H and O–H groups in total. The Morgan fingerprint density at radius 2 is 1.08 bits per heavy atom. The van der Waals surface area contributed by atoms with Gasteiger partial charge in [0, 0.05) is 3.44 Å². The summed E-state index contributed by atoms with van der Waals surface area (Å²) in [5, 5.41) is 0. The average molecular weight is 497 g/mol. The van der Waals surface area contributed by atoms with Crippen molar-refractivity contribution in [3.63, 3.8) is 0 Å². The second-order valence-electron chi connectivity index (χ2n) is 0.798. The van der Waals surface area contributed by atoms with E-state index in [0.29, 0.717) is 0 Å². The van der Waals surface area contributed by atoms with E-state index < -0.39 is 56.0 Å². The van der Waals surface area contributed by atoms with Crippen molar-refractivity contribution in [3.05, 3.63) is 0 Å². The summed E-state index contributed by atoms with van der Waals surface area (Å²) < 4.78 is 82.0. The summed E-state index contributed by atoms with van der Waals surface area (Å²) in [7, 11) is 0. The van der Waals surface area contributed by atoms with Gasteiger partial charge < -0.3 is 15.3 Å². The molecule has 0 amide bonds. The normalized spacial score (nSPS) is 10.2. The first-order valence-corrected chi connectivity index (χ1v) is 9.93. The van der Waals surface area contributed by atoms with Crippen LogP contribution in [0.3, 0.4) is 0 Å². The highest BCUT2D eigenvalue weighted by Crippen LogP contribution is 1.38. The van der Waals surface area contributed by atoms with Gasteiger partial charge in [-0.1, -0.05) is 0 Å². The lowest BCUT2D eigenvalue weighted by atomic mass is 16.0. The Balaban J connectivity index is -0.000000117. The summed E-state index contributed by atoms with van der Waals surface area (Å²) in [4.78, 5) is 0. The Morgan fingerprint density at radius 3 is 1.08 bits per heavy atom. The molecular weight excluding hydrogens is 494 g/mol. The highest BCUT2D eigenvalue weighted by Gasteiger charge is 2.11. The van der Waals surface area contributed by atoms with Gasteiger partial charge in [-0.25, -0.2) is 0 Å². The molecular formula is H3BrI2O10. The van der Waals surface area contributed by atoms with Gasteiger partial charge in [0.05, 0.1) is 0 Å². The summed E-state index contributed by atoms with van der Waals surface area (Å²) in [5.74, 6) is 0. The third-order valence-corrected chi connectivity index (χ3v) is 0. The van der Waals surface area contributed by atoms with Gasteiger partial charge in [0.1, 0.15) is 0 Å². The zero-order valence-electron chi connectivity index (χ0n) is 5.33. The van der Waals surface area contributed by atoms with E-state index in [1.54, 1.807) is 0 Å². The van der Waals surface area contributed by atoms with Crippen LogP contribution in [0, 0.1) is 14.8 Å². The predicted molar refractivity (Wildman–Crippen MR) is 6.66 cm³/mol. The van der Waals surface area contributed by atoms with Crippen molar-refractivity contribution in [2.75, 3.05) is 0 Å². The van der Waals surface area contributed by atoms with Gasteiger partial charge in [0.25, 0.3) is 0 Å². The zero-order chi connectivity index (χ0) is 11.7. The second kappa shape index (κ2) is 11.6. The molecule has 10 nitrogen and oxygen atoms in total. The molecule has 0 aliphatic heterocycles. The van der Waals surface area contributed by atoms with Crippen LogP contribution in [0.15, 0.2) is 0 Å². The van der Waals surface area contributed by atoms with E-state index in [1.165, 1.54) is 0 Å². The van der Waals surface area contributed by atoms with Crippen LogP contribution in [0.25, 0.3) is 0 Å². The van der Waals surface area contributed by atoms with Crippen molar-refractivity contribution in [1.82, 2.24) is 0 Å². The third kappa shape index (κ3) is 760. The minimum Gasteiger partial charge on any atom is -0.396 e. The molecule has 0 aliphatic rings. The summed E-state index contributed by atoms with van der Waals surface area (Å²) >= 11 is -12.8. The van der Waals surface area contributed by atoms with Crippen molar-refractivity contribution < 1.29 is 92.6 Å². The van der Waals surface area contributed by atoms with Crippen molar-refractivity contribution in [3.8, 4) is 0 Å². The van der Waals surface area contributed by atoms with E-state index in [-0.39, 0.29) is 0 Å². The minimum absolute atomic E-state index is 3.40. The standard InChI is InChI=1S/BrHO3.HIO4.HIO3/c2-1(3)4;2-1(3,4)5;2-1(3)4/h2H;2H;2H. The van der Waals surface area contributed by atoms with Crippen molar-refractivity contribution in [2.45, 2.75) is 0 Å². The fraction of sp³-hybridized carbons (Fsp3) is 0. The number of rotatable bonds is 0. The maximum atomic E-state index is 8.73. The molecule has 0 aromatic carbocycles. The molecule has 0 rings (SSSR count). The van der Waals surface area contributed by atoms with Crippen molar-refractivity contribution >= 4 is 0 Å². The maximum absolute atomic E-state index is 8.73. The molecule has 13 heavy (non-hydrogen) atoms. The van der Waals surface area contributed by atoms with Gasteiger partial charge in [-0.05, 0) is 7.63 Å². The second-order valence-corrected chi connectivity index (χ2v) is 5.05. The molecule has 0 heterocycles. The van der Waals surface area contributed by atoms with Crippen molar-refractivity contribution in [2.24, 2.45) is 0 Å². The number of hydrogen-bond donors (Lipinski definition) is 3. The molecule has 0 aromatic heterocycles. The van der Waals surface area contributed by atoms with Crippen LogP contribution in [0.5, 0.6) is 0 Å². The quantitative estimate of drug-likeness (QED) is 0.268. The van der Waals surface area contributed by atoms with Crippen LogP contribution in [0.2, 0.25) is 0 Å². The average Bonchev–Trinajstić information content (AvgIpc) is 1.50. The zero-order valence-corrected chi connectivity index (χ0v) is 11.2. The van der Waals surface area contributed by atoms with E-state index in [1.807, 2.05) is 0 Å². The molecule has 0 aromatic rings. The molecule has 0 fully saturated rings. The topological polar surface area (TPSA) is 222 Å². The van der Waals surface area contributed by atoms with E-state index in [9.17, 15) is 0 Å². The summed E-state index contributed by atoms with van der Waals surface area (Å²) in [6.07, 6.45) is 0. The third-order valence-electron chi connectivity index (χ3n) is 0. The molecule has 0 radical (unpaired) electrons. The van der Waals surface area contributed by atoms with Gasteiger partial charge in [-0.3, -0.25) is 10.3 Å². The molecule has 0 saturated carbocycles. The first kappa shape index (κ1) is 20.0. The fourth-order valence-electron chi connectivity index (χ4n) is 0. The first-order valence-electron chi connectivity index (χ1n) is 1.59. The monoisotopic (exact) mass is 496 g/mol. The van der Waals surface area contributed by atoms with Crippen LogP contribution in [-0.4, -0.2) is 11.1 Å². The lowest BCUT2D eigenvalue weighted by Gasteiger charge is -1.93. The van der Waals surface area contributed by atoms with Gasteiger partial charge in [0.2, 0.25) is 0 Å². The minimum atomic E-state index is -5.69. The largest absolute Gasteiger partial charge is 0.503 e. The molecule has 0 spiro atoms. The lowest BCUT2D eigenvalue weighted by Crippen LogP contribution is -4.23. The van der Waals surface area contributed by atoms with E-state index >= 15 is 0 Å². The fourth-order valence-corrected chi connectivity index (χ4v) is 0. The SMILES string of the molecule is [O-][Br+2]([O-])O.[O-][I+2]([O-])O.[O-][I+3]([O-])([O-])O. The molecule has 0 bridgehead atoms. The molecule has 0 saturated heterocycles. The van der Waals surface area contributed by atoms with E-state index in [4.69, 9.17) is 36.6 Å². The van der Waals surface area contributed by atoms with Crippen LogP contribution < -0.4 is 66.7 Å². The smallest absolute Gasteiger partial charge is 0.396 e. The Labute approximate surface area is 91.9 Å². The van der Waals surface area contributed by atoms with Crippen LogP contribution in [-0.2, 0) is 0 Å². The Hall–Kier alpha value is 1.54. The van der Waals surface area contributed by atoms with E-state index in [2.05, 4.69) is 0 Å². The molecule has 0 atom stereocenters. The summed E-state index contributed by atoms with van der Waals surface area (Å²) in [6, 6.07) is 0. The maximum Gasteiger partial charge on any atom is 0.503 e. The molecule has 13 heteroatoms. The van der Waals surface area contributed by atoms with E-state index in [0.717, 1.165) is 0 Å². The summed E-state index contributed by atoms with van der Waals surface area (Å²) in [5.41, 5.74) is 0. The van der Waals surface area contributed by atoms with Gasteiger partial charge in [-0.2, -0.15) is 0 Å². The number of halogens is 3. The summed E-state index contributed by atoms with van der Waals surface area (Å²) in [6.45, 7) is 0. The Morgan fingerprint density at radius 1 is 1.08 bits per heavy atom. The molecule has 0 aliphatic carbocycles. The highest BCUT2D eigenvalue weighted by atomic mass is 127. The van der Waals surface area contributed by atoms with Crippen LogP contribution in [0.1, 0.15) is 0 Å². The van der Waals surface area contributed by atoms with Gasteiger partial charge in [0.15, 0.2) is 0 Å². The van der Waals surface area contributed by atoms with Crippen molar-refractivity contribution in [1.29, 1.82) is 0 Å². The first-order chi connectivity index (χ1) is 5.46. The molecule has 84 valence electrons. The van der Waals surface area contributed by atoms with Crippen LogP contribution in [0.4, 0.5) is 0 Å². The molecule has 0 unspecified atom stereocenters.